The Morgan fingerprint density at radius 1 is 1.26 bits per heavy atom. The van der Waals surface area contributed by atoms with Gasteiger partial charge in [-0.3, -0.25) is 9.10 Å². The Bertz CT molecular complexity index is 919. The van der Waals surface area contributed by atoms with Crippen LogP contribution in [0.2, 0.25) is 5.02 Å². The molecule has 0 aliphatic rings. The van der Waals surface area contributed by atoms with Gasteiger partial charge in [-0.15, -0.1) is 0 Å². The van der Waals surface area contributed by atoms with Crippen molar-refractivity contribution in [2.45, 2.75) is 19.4 Å². The monoisotopic (exact) mass is 474 g/mol. The maximum Gasteiger partial charge on any atom is 0.265 e. The van der Waals surface area contributed by atoms with Gasteiger partial charge >= 0.3 is 0 Å². The van der Waals surface area contributed by atoms with Gasteiger partial charge in [0.25, 0.3) is 5.91 Å². The molecular formula is C18H20BrClN2O4S. The fourth-order valence-electron chi connectivity index (χ4n) is 2.21. The smallest absolute Gasteiger partial charge is 0.265 e. The summed E-state index contributed by atoms with van der Waals surface area (Å²) in [5, 5.41) is 3.27. The zero-order valence-electron chi connectivity index (χ0n) is 15.1. The van der Waals surface area contributed by atoms with Crippen LogP contribution in [0.15, 0.2) is 46.9 Å². The van der Waals surface area contributed by atoms with E-state index in [-0.39, 0.29) is 5.91 Å². The first-order valence-electron chi connectivity index (χ1n) is 8.08. The van der Waals surface area contributed by atoms with Gasteiger partial charge in [0.15, 0.2) is 6.10 Å². The van der Waals surface area contributed by atoms with Crippen molar-refractivity contribution in [3.63, 3.8) is 0 Å². The summed E-state index contributed by atoms with van der Waals surface area (Å²) >= 11 is 9.34. The number of sulfonamides is 1. The number of anilines is 2. The number of amides is 1. The largest absolute Gasteiger partial charge is 0.481 e. The molecule has 0 aliphatic heterocycles. The highest BCUT2D eigenvalue weighted by atomic mass is 79.9. The average molecular weight is 476 g/mol. The fourth-order valence-corrected chi connectivity index (χ4v) is 3.14. The predicted octanol–water partition coefficient (Wildman–Crippen LogP) is 4.29. The van der Waals surface area contributed by atoms with Crippen LogP contribution in [0, 0.1) is 0 Å². The molecule has 0 saturated heterocycles. The molecule has 146 valence electrons. The van der Waals surface area contributed by atoms with Gasteiger partial charge in [0.2, 0.25) is 10.0 Å². The standard InChI is InChI=1S/C18H20BrClN2O4S/c1-4-17(18(23)21-12-5-10-15(19)16(20)11-12)26-14-8-6-13(7-9-14)22(2)27(3,24)25/h5-11,17H,4H2,1-3H3,(H,21,23)/t17-/m0/s1. The molecule has 6 nitrogen and oxygen atoms in total. The number of carbonyl (C=O) groups excluding carboxylic acids is 1. The maximum absolute atomic E-state index is 12.5. The van der Waals surface area contributed by atoms with Crippen molar-refractivity contribution >= 4 is 54.8 Å². The lowest BCUT2D eigenvalue weighted by molar-refractivity contribution is -0.122. The normalized spacial score (nSPS) is 12.3. The Morgan fingerprint density at radius 2 is 1.89 bits per heavy atom. The molecule has 1 N–H and O–H groups in total. The molecule has 0 aromatic heterocycles. The van der Waals surface area contributed by atoms with Gasteiger partial charge in [-0.1, -0.05) is 18.5 Å². The number of nitrogens with zero attached hydrogens (tertiary/aromatic N) is 1. The SMILES string of the molecule is CC[C@H](Oc1ccc(N(C)S(C)(=O)=O)cc1)C(=O)Nc1ccc(Br)c(Cl)c1. The Morgan fingerprint density at radius 3 is 2.41 bits per heavy atom. The Balaban J connectivity index is 2.07. The third-order valence-electron chi connectivity index (χ3n) is 3.83. The zero-order valence-corrected chi connectivity index (χ0v) is 18.2. The predicted molar refractivity (Wildman–Crippen MR) is 112 cm³/mol. The molecule has 2 aromatic rings. The number of hydrogen-bond donors (Lipinski definition) is 1. The summed E-state index contributed by atoms with van der Waals surface area (Å²) in [6.07, 6.45) is 0.885. The molecule has 0 spiro atoms. The Hall–Kier alpha value is -1.77. The molecule has 0 heterocycles. The summed E-state index contributed by atoms with van der Waals surface area (Å²) in [7, 11) is -1.87. The number of halogens is 2. The molecule has 2 rings (SSSR count). The Kier molecular flexibility index (Phi) is 7.13. The van der Waals surface area contributed by atoms with Crippen molar-refractivity contribution in [1.82, 2.24) is 0 Å². The van der Waals surface area contributed by atoms with Gasteiger partial charge < -0.3 is 10.1 Å². The molecular weight excluding hydrogens is 456 g/mol. The summed E-state index contributed by atoms with van der Waals surface area (Å²) in [4.78, 5) is 12.5. The van der Waals surface area contributed by atoms with E-state index in [1.807, 2.05) is 6.92 Å². The van der Waals surface area contributed by atoms with Crippen molar-refractivity contribution < 1.29 is 17.9 Å². The van der Waals surface area contributed by atoms with Gasteiger partial charge in [0, 0.05) is 17.2 Å². The topological polar surface area (TPSA) is 75.7 Å². The van der Waals surface area contributed by atoms with Crippen LogP contribution in [0.4, 0.5) is 11.4 Å². The fraction of sp³-hybridized carbons (Fsp3) is 0.278. The van der Waals surface area contributed by atoms with Gasteiger partial charge in [-0.25, -0.2) is 8.42 Å². The summed E-state index contributed by atoms with van der Waals surface area (Å²) in [5.74, 6) is 0.171. The third kappa shape index (κ3) is 5.85. The quantitative estimate of drug-likeness (QED) is 0.648. The number of benzene rings is 2. The van der Waals surface area contributed by atoms with Crippen molar-refractivity contribution in [1.29, 1.82) is 0 Å². The van der Waals surface area contributed by atoms with E-state index in [9.17, 15) is 13.2 Å². The molecule has 0 saturated carbocycles. The molecule has 0 unspecified atom stereocenters. The number of carbonyl (C=O) groups is 1. The summed E-state index contributed by atoms with van der Waals surface area (Å²) in [6, 6.07) is 11.6. The van der Waals surface area contributed by atoms with E-state index in [1.165, 1.54) is 7.05 Å². The van der Waals surface area contributed by atoms with Crippen LogP contribution < -0.4 is 14.4 Å². The van der Waals surface area contributed by atoms with Crippen LogP contribution in [0.3, 0.4) is 0 Å². The van der Waals surface area contributed by atoms with E-state index < -0.39 is 16.1 Å². The van der Waals surface area contributed by atoms with Crippen LogP contribution in [-0.2, 0) is 14.8 Å². The first-order valence-corrected chi connectivity index (χ1v) is 11.1. The van der Waals surface area contributed by atoms with Crippen LogP contribution >= 0.6 is 27.5 Å². The first-order chi connectivity index (χ1) is 12.6. The highest BCUT2D eigenvalue weighted by Gasteiger charge is 2.19. The average Bonchev–Trinajstić information content (AvgIpc) is 2.61. The summed E-state index contributed by atoms with van der Waals surface area (Å²) in [6.45, 7) is 1.84. The van der Waals surface area contributed by atoms with Crippen LogP contribution in [0.25, 0.3) is 0 Å². The zero-order chi connectivity index (χ0) is 20.2. The minimum Gasteiger partial charge on any atom is -0.481 e. The molecule has 0 bridgehead atoms. The number of hydrogen-bond acceptors (Lipinski definition) is 4. The van der Waals surface area contributed by atoms with Crippen molar-refractivity contribution in [3.8, 4) is 5.75 Å². The number of nitrogens with one attached hydrogen (secondary N) is 1. The van der Waals surface area contributed by atoms with E-state index >= 15 is 0 Å². The number of rotatable bonds is 7. The second-order valence-corrected chi connectivity index (χ2v) is 9.13. The van der Waals surface area contributed by atoms with Crippen molar-refractivity contribution in [2.24, 2.45) is 0 Å². The molecule has 0 aliphatic carbocycles. The Labute approximate surface area is 172 Å². The van der Waals surface area contributed by atoms with Crippen molar-refractivity contribution in [3.05, 3.63) is 52.0 Å². The van der Waals surface area contributed by atoms with Gasteiger partial charge in [-0.05, 0) is 64.8 Å². The summed E-state index contributed by atoms with van der Waals surface area (Å²) in [5.41, 5.74) is 1.08. The molecule has 1 amide bonds. The van der Waals surface area contributed by atoms with Crippen LogP contribution in [-0.4, -0.2) is 33.7 Å². The van der Waals surface area contributed by atoms with Crippen LogP contribution in [0.5, 0.6) is 5.75 Å². The lowest BCUT2D eigenvalue weighted by Gasteiger charge is -2.19. The van der Waals surface area contributed by atoms with Gasteiger partial charge in [-0.2, -0.15) is 0 Å². The van der Waals surface area contributed by atoms with E-state index in [1.54, 1.807) is 42.5 Å². The van der Waals surface area contributed by atoms with E-state index in [0.29, 0.717) is 28.6 Å². The maximum atomic E-state index is 12.5. The highest BCUT2D eigenvalue weighted by Crippen LogP contribution is 2.26. The van der Waals surface area contributed by atoms with Crippen LogP contribution in [0.1, 0.15) is 13.3 Å². The number of ether oxygens (including phenoxy) is 1. The first kappa shape index (κ1) is 21.5. The van der Waals surface area contributed by atoms with Crippen molar-refractivity contribution in [2.75, 3.05) is 22.9 Å². The molecule has 2 aromatic carbocycles. The molecule has 9 heteroatoms. The second kappa shape index (κ2) is 8.95. The van der Waals surface area contributed by atoms with E-state index in [0.717, 1.165) is 15.0 Å². The lowest BCUT2D eigenvalue weighted by Crippen LogP contribution is -2.32. The molecule has 27 heavy (non-hydrogen) atoms. The van der Waals surface area contributed by atoms with E-state index in [4.69, 9.17) is 16.3 Å². The second-order valence-electron chi connectivity index (χ2n) is 5.86. The molecule has 1 atom stereocenters. The van der Waals surface area contributed by atoms with Gasteiger partial charge in [0.1, 0.15) is 5.75 Å². The lowest BCUT2D eigenvalue weighted by atomic mass is 10.2. The highest BCUT2D eigenvalue weighted by molar-refractivity contribution is 9.10. The summed E-state index contributed by atoms with van der Waals surface area (Å²) < 4.78 is 30.8. The third-order valence-corrected chi connectivity index (χ3v) is 6.26. The molecule has 0 radical (unpaired) electrons. The van der Waals surface area contributed by atoms with E-state index in [2.05, 4.69) is 21.2 Å². The van der Waals surface area contributed by atoms with Gasteiger partial charge in [0.05, 0.1) is 17.0 Å². The minimum absolute atomic E-state index is 0.298. The molecule has 0 fully saturated rings. The minimum atomic E-state index is -3.34.